The van der Waals surface area contributed by atoms with Gasteiger partial charge in [-0.05, 0) is 12.6 Å². The average molecular weight is 343 g/mol. The number of hydrogen-bond acceptors (Lipinski definition) is 7. The maximum Gasteiger partial charge on any atom is 0.257 e. The van der Waals surface area contributed by atoms with Crippen molar-refractivity contribution in [1.82, 2.24) is 25.3 Å². The molecule has 0 saturated carbocycles. The molecule has 25 heavy (non-hydrogen) atoms. The first-order valence-corrected chi connectivity index (χ1v) is 8.92. The fourth-order valence-corrected chi connectivity index (χ4v) is 3.44. The van der Waals surface area contributed by atoms with Crippen molar-refractivity contribution in [1.29, 1.82) is 0 Å². The minimum atomic E-state index is -0.152. The van der Waals surface area contributed by atoms with E-state index in [0.29, 0.717) is 12.5 Å². The second-order valence-corrected chi connectivity index (χ2v) is 6.77. The molecule has 0 amide bonds. The van der Waals surface area contributed by atoms with E-state index >= 15 is 0 Å². The second kappa shape index (κ2) is 7.61. The third-order valence-electron chi connectivity index (χ3n) is 4.94. The van der Waals surface area contributed by atoms with Crippen LogP contribution in [-0.4, -0.2) is 66.3 Å². The van der Waals surface area contributed by atoms with Crippen LogP contribution in [0.15, 0.2) is 34.9 Å². The van der Waals surface area contributed by atoms with Crippen molar-refractivity contribution in [2.75, 3.05) is 46.4 Å². The summed E-state index contributed by atoms with van der Waals surface area (Å²) in [5.41, 5.74) is 1.31. The Kier molecular flexibility index (Phi) is 5.07. The SMILES string of the molecule is CN1CCNCC1c1noc(C2CN(Cc3ccccc3)CCO2)n1. The number of likely N-dealkylation sites (N-methyl/N-ethyl adjacent to an activating group) is 1. The predicted octanol–water partition coefficient (Wildman–Crippen LogP) is 1.22. The molecule has 2 saturated heterocycles. The Balaban J connectivity index is 1.41. The number of aromatic nitrogens is 2. The van der Waals surface area contributed by atoms with Crippen LogP contribution in [0.25, 0.3) is 0 Å². The number of hydrogen-bond donors (Lipinski definition) is 1. The summed E-state index contributed by atoms with van der Waals surface area (Å²) in [6.45, 7) is 6.12. The third kappa shape index (κ3) is 3.90. The molecule has 1 N–H and O–H groups in total. The highest BCUT2D eigenvalue weighted by Crippen LogP contribution is 2.25. The summed E-state index contributed by atoms with van der Waals surface area (Å²) in [5.74, 6) is 1.33. The molecule has 1 aromatic carbocycles. The van der Waals surface area contributed by atoms with Crippen LogP contribution in [0.2, 0.25) is 0 Å². The van der Waals surface area contributed by atoms with E-state index in [-0.39, 0.29) is 12.1 Å². The normalized spacial score (nSPS) is 26.0. The van der Waals surface area contributed by atoms with Crippen molar-refractivity contribution in [2.24, 2.45) is 0 Å². The first kappa shape index (κ1) is 16.7. The number of piperazine rings is 1. The first-order valence-electron chi connectivity index (χ1n) is 8.92. The Bertz CT molecular complexity index is 677. The van der Waals surface area contributed by atoms with Crippen molar-refractivity contribution < 1.29 is 9.26 Å². The molecule has 2 unspecified atom stereocenters. The van der Waals surface area contributed by atoms with E-state index in [1.807, 2.05) is 6.07 Å². The maximum atomic E-state index is 5.89. The summed E-state index contributed by atoms with van der Waals surface area (Å²) in [6.07, 6.45) is -0.152. The van der Waals surface area contributed by atoms with Gasteiger partial charge in [0.15, 0.2) is 5.82 Å². The minimum Gasteiger partial charge on any atom is -0.366 e. The molecular formula is C18H25N5O2. The Morgan fingerprint density at radius 2 is 2.12 bits per heavy atom. The summed E-state index contributed by atoms with van der Waals surface area (Å²) in [7, 11) is 2.10. The summed E-state index contributed by atoms with van der Waals surface area (Å²) in [4.78, 5) is 9.27. The molecule has 1 aromatic heterocycles. The summed E-state index contributed by atoms with van der Waals surface area (Å²) in [5, 5.41) is 7.59. The molecule has 2 aliphatic heterocycles. The zero-order valence-corrected chi connectivity index (χ0v) is 14.6. The lowest BCUT2D eigenvalue weighted by molar-refractivity contribution is -0.0475. The number of benzene rings is 1. The zero-order valence-electron chi connectivity index (χ0n) is 14.6. The van der Waals surface area contributed by atoms with Gasteiger partial charge in [0.05, 0.1) is 12.6 Å². The largest absolute Gasteiger partial charge is 0.366 e. The number of rotatable bonds is 4. The number of ether oxygens (including phenoxy) is 1. The quantitative estimate of drug-likeness (QED) is 0.895. The third-order valence-corrected chi connectivity index (χ3v) is 4.94. The van der Waals surface area contributed by atoms with Crippen LogP contribution >= 0.6 is 0 Å². The minimum absolute atomic E-state index is 0.152. The van der Waals surface area contributed by atoms with Gasteiger partial charge in [0, 0.05) is 39.3 Å². The van der Waals surface area contributed by atoms with Gasteiger partial charge in [-0.1, -0.05) is 35.5 Å². The molecule has 3 heterocycles. The van der Waals surface area contributed by atoms with Gasteiger partial charge < -0.3 is 14.6 Å². The molecule has 0 radical (unpaired) electrons. The number of nitrogens with zero attached hydrogens (tertiary/aromatic N) is 4. The fraction of sp³-hybridized carbons (Fsp3) is 0.556. The van der Waals surface area contributed by atoms with Gasteiger partial charge in [-0.3, -0.25) is 9.80 Å². The standard InChI is InChI=1S/C18H25N5O2/c1-22-8-7-19-11-15(22)17-20-18(25-21-17)16-13-23(9-10-24-16)12-14-5-3-2-4-6-14/h2-6,15-16,19H,7-13H2,1H3. The number of morpholine rings is 1. The van der Waals surface area contributed by atoms with Crippen LogP contribution < -0.4 is 5.32 Å². The van der Waals surface area contributed by atoms with E-state index in [1.165, 1.54) is 5.56 Å². The monoisotopic (exact) mass is 343 g/mol. The summed E-state index contributed by atoms with van der Waals surface area (Å²) < 4.78 is 11.4. The lowest BCUT2D eigenvalue weighted by atomic mass is 10.2. The van der Waals surface area contributed by atoms with Crippen LogP contribution in [0.1, 0.15) is 29.4 Å². The van der Waals surface area contributed by atoms with E-state index in [9.17, 15) is 0 Å². The highest BCUT2D eigenvalue weighted by molar-refractivity contribution is 5.14. The van der Waals surface area contributed by atoms with Gasteiger partial charge in [0.25, 0.3) is 5.89 Å². The van der Waals surface area contributed by atoms with Crippen molar-refractivity contribution in [3.8, 4) is 0 Å². The van der Waals surface area contributed by atoms with Crippen LogP contribution in [0.5, 0.6) is 0 Å². The van der Waals surface area contributed by atoms with Gasteiger partial charge in [-0.15, -0.1) is 0 Å². The van der Waals surface area contributed by atoms with Gasteiger partial charge in [0.2, 0.25) is 0 Å². The van der Waals surface area contributed by atoms with E-state index in [1.54, 1.807) is 0 Å². The van der Waals surface area contributed by atoms with E-state index < -0.39 is 0 Å². The fourth-order valence-electron chi connectivity index (χ4n) is 3.44. The van der Waals surface area contributed by atoms with Gasteiger partial charge >= 0.3 is 0 Å². The molecule has 4 rings (SSSR count). The highest BCUT2D eigenvalue weighted by Gasteiger charge is 2.30. The summed E-state index contributed by atoms with van der Waals surface area (Å²) >= 11 is 0. The van der Waals surface area contributed by atoms with Gasteiger partial charge in [0.1, 0.15) is 6.10 Å². The smallest absolute Gasteiger partial charge is 0.257 e. The average Bonchev–Trinajstić information content (AvgIpc) is 3.13. The molecule has 7 nitrogen and oxygen atoms in total. The maximum absolute atomic E-state index is 5.89. The Hall–Kier alpha value is -1.80. The van der Waals surface area contributed by atoms with Crippen LogP contribution in [0, 0.1) is 0 Å². The molecular weight excluding hydrogens is 318 g/mol. The molecule has 134 valence electrons. The van der Waals surface area contributed by atoms with Crippen molar-refractivity contribution in [3.63, 3.8) is 0 Å². The van der Waals surface area contributed by atoms with E-state index in [0.717, 1.165) is 45.1 Å². The Morgan fingerprint density at radius 3 is 2.96 bits per heavy atom. The van der Waals surface area contributed by atoms with Crippen LogP contribution in [-0.2, 0) is 11.3 Å². The Morgan fingerprint density at radius 1 is 1.24 bits per heavy atom. The van der Waals surface area contributed by atoms with Crippen molar-refractivity contribution >= 4 is 0 Å². The van der Waals surface area contributed by atoms with Gasteiger partial charge in [-0.2, -0.15) is 4.98 Å². The lowest BCUT2D eigenvalue weighted by Gasteiger charge is -2.31. The molecule has 0 bridgehead atoms. The molecule has 7 heteroatoms. The second-order valence-electron chi connectivity index (χ2n) is 6.77. The molecule has 2 aliphatic rings. The van der Waals surface area contributed by atoms with Crippen LogP contribution in [0.4, 0.5) is 0 Å². The zero-order chi connectivity index (χ0) is 17.1. The summed E-state index contributed by atoms with van der Waals surface area (Å²) in [6, 6.07) is 10.7. The van der Waals surface area contributed by atoms with Crippen molar-refractivity contribution in [3.05, 3.63) is 47.6 Å². The number of nitrogens with one attached hydrogen (secondary N) is 1. The topological polar surface area (TPSA) is 66.7 Å². The van der Waals surface area contributed by atoms with Gasteiger partial charge in [-0.25, -0.2) is 0 Å². The molecule has 2 fully saturated rings. The molecule has 0 spiro atoms. The molecule has 0 aliphatic carbocycles. The molecule has 2 aromatic rings. The lowest BCUT2D eigenvalue weighted by Crippen LogP contribution is -2.44. The molecule has 2 atom stereocenters. The highest BCUT2D eigenvalue weighted by atomic mass is 16.5. The first-order chi connectivity index (χ1) is 12.3. The van der Waals surface area contributed by atoms with Crippen LogP contribution in [0.3, 0.4) is 0 Å². The van der Waals surface area contributed by atoms with E-state index in [4.69, 9.17) is 9.26 Å². The van der Waals surface area contributed by atoms with Crippen molar-refractivity contribution in [2.45, 2.75) is 18.7 Å². The Labute approximate surface area is 147 Å². The predicted molar refractivity (Wildman–Crippen MR) is 93.0 cm³/mol. The van der Waals surface area contributed by atoms with E-state index in [2.05, 4.69) is 56.6 Å².